The van der Waals surface area contributed by atoms with Crippen LogP contribution in [-0.2, 0) is 0 Å². The van der Waals surface area contributed by atoms with E-state index >= 15 is 0 Å². The van der Waals surface area contributed by atoms with Crippen LogP contribution in [0.15, 0.2) is 24.3 Å². The summed E-state index contributed by atoms with van der Waals surface area (Å²) >= 11 is 0. The van der Waals surface area contributed by atoms with E-state index in [1.807, 2.05) is 26.1 Å². The van der Waals surface area contributed by atoms with Gasteiger partial charge in [0.15, 0.2) is 0 Å². The third-order valence-corrected chi connectivity index (χ3v) is 4.47. The first kappa shape index (κ1) is 15.7. The number of nitrogens with one attached hydrogen (secondary N) is 1. The first-order chi connectivity index (χ1) is 9.86. The monoisotopic (exact) mass is 285 g/mol. The zero-order chi connectivity index (χ0) is 15.7. The predicted molar refractivity (Wildman–Crippen MR) is 87.4 cm³/mol. The van der Waals surface area contributed by atoms with Crippen molar-refractivity contribution in [3.05, 3.63) is 69.0 Å². The molecule has 21 heavy (non-hydrogen) atoms. The van der Waals surface area contributed by atoms with Gasteiger partial charge in [-0.25, -0.2) is 4.39 Å². The van der Waals surface area contributed by atoms with Crippen molar-refractivity contribution in [3.63, 3.8) is 0 Å². The van der Waals surface area contributed by atoms with Crippen LogP contribution in [0.5, 0.6) is 0 Å². The standard InChI is InChI=1S/C19H24FN/c1-11-7-8-16(17(20)9-11)19(21-6)18-14(4)12(2)10-13(3)15(18)5/h7-10,19,21H,1-6H3. The third-order valence-electron chi connectivity index (χ3n) is 4.47. The molecule has 0 aliphatic carbocycles. The Kier molecular flexibility index (Phi) is 4.48. The lowest BCUT2D eigenvalue weighted by molar-refractivity contribution is 0.573. The molecule has 2 aromatic carbocycles. The van der Waals surface area contributed by atoms with Crippen LogP contribution >= 0.6 is 0 Å². The summed E-state index contributed by atoms with van der Waals surface area (Å²) in [5, 5.41) is 3.29. The largest absolute Gasteiger partial charge is 0.309 e. The fourth-order valence-corrected chi connectivity index (χ4v) is 3.00. The molecule has 0 bridgehead atoms. The van der Waals surface area contributed by atoms with Crippen LogP contribution in [0.3, 0.4) is 0 Å². The summed E-state index contributed by atoms with van der Waals surface area (Å²) in [5.74, 6) is -0.146. The maximum absolute atomic E-state index is 14.4. The number of rotatable bonds is 3. The van der Waals surface area contributed by atoms with E-state index in [1.165, 1.54) is 27.8 Å². The smallest absolute Gasteiger partial charge is 0.128 e. The number of hydrogen-bond acceptors (Lipinski definition) is 1. The van der Waals surface area contributed by atoms with E-state index < -0.39 is 0 Å². The second-order valence-corrected chi connectivity index (χ2v) is 5.92. The highest BCUT2D eigenvalue weighted by Crippen LogP contribution is 2.32. The Balaban J connectivity index is 2.67. The van der Waals surface area contributed by atoms with Gasteiger partial charge >= 0.3 is 0 Å². The molecule has 0 aliphatic rings. The molecule has 0 spiro atoms. The Morgan fingerprint density at radius 3 is 1.95 bits per heavy atom. The molecule has 0 amide bonds. The lowest BCUT2D eigenvalue weighted by atomic mass is 9.86. The van der Waals surface area contributed by atoms with E-state index in [0.29, 0.717) is 5.56 Å². The zero-order valence-corrected chi connectivity index (χ0v) is 13.8. The van der Waals surface area contributed by atoms with Crippen LogP contribution in [-0.4, -0.2) is 7.05 Å². The summed E-state index contributed by atoms with van der Waals surface area (Å²) < 4.78 is 14.4. The fraction of sp³-hybridized carbons (Fsp3) is 0.368. The molecule has 0 saturated heterocycles. The van der Waals surface area contributed by atoms with Crippen LogP contribution in [0.25, 0.3) is 0 Å². The highest BCUT2D eigenvalue weighted by molar-refractivity contribution is 5.49. The number of aryl methyl sites for hydroxylation is 3. The summed E-state index contributed by atoms with van der Waals surface area (Å²) in [6, 6.07) is 7.54. The molecule has 0 fully saturated rings. The summed E-state index contributed by atoms with van der Waals surface area (Å²) in [6.07, 6.45) is 0. The molecule has 1 N–H and O–H groups in total. The minimum absolute atomic E-state index is 0.121. The van der Waals surface area contributed by atoms with Crippen molar-refractivity contribution < 1.29 is 4.39 Å². The lowest BCUT2D eigenvalue weighted by Gasteiger charge is -2.25. The molecule has 1 nitrogen and oxygen atoms in total. The Morgan fingerprint density at radius 2 is 1.48 bits per heavy atom. The van der Waals surface area contributed by atoms with Crippen LogP contribution in [0, 0.1) is 40.4 Å². The van der Waals surface area contributed by atoms with Gasteiger partial charge in [-0.05, 0) is 81.1 Å². The van der Waals surface area contributed by atoms with E-state index in [0.717, 1.165) is 5.56 Å². The van der Waals surface area contributed by atoms with Crippen molar-refractivity contribution in [2.24, 2.45) is 0 Å². The normalized spacial score (nSPS) is 12.5. The second kappa shape index (κ2) is 5.98. The summed E-state index contributed by atoms with van der Waals surface area (Å²) in [6.45, 7) is 10.4. The van der Waals surface area contributed by atoms with E-state index in [9.17, 15) is 4.39 Å². The van der Waals surface area contributed by atoms with Crippen LogP contribution < -0.4 is 5.32 Å². The van der Waals surface area contributed by atoms with Gasteiger partial charge in [-0.15, -0.1) is 0 Å². The SMILES string of the molecule is CNC(c1ccc(C)cc1F)c1c(C)c(C)cc(C)c1C. The maximum Gasteiger partial charge on any atom is 0.128 e. The molecule has 1 unspecified atom stereocenters. The van der Waals surface area contributed by atoms with Crippen LogP contribution in [0.2, 0.25) is 0 Å². The Bertz CT molecular complexity index is 648. The highest BCUT2D eigenvalue weighted by Gasteiger charge is 2.21. The van der Waals surface area contributed by atoms with Gasteiger partial charge in [0.05, 0.1) is 6.04 Å². The lowest BCUT2D eigenvalue weighted by Crippen LogP contribution is -2.22. The summed E-state index contributed by atoms with van der Waals surface area (Å²) in [4.78, 5) is 0. The van der Waals surface area contributed by atoms with Crippen LogP contribution in [0.4, 0.5) is 4.39 Å². The number of benzene rings is 2. The maximum atomic E-state index is 14.4. The van der Waals surface area contributed by atoms with Gasteiger partial charge in [0.1, 0.15) is 5.82 Å². The summed E-state index contributed by atoms with van der Waals surface area (Å²) in [7, 11) is 1.89. The van der Waals surface area contributed by atoms with Crippen molar-refractivity contribution in [2.75, 3.05) is 7.05 Å². The number of halogens is 1. The molecule has 0 aromatic heterocycles. The van der Waals surface area contributed by atoms with Crippen molar-refractivity contribution in [1.29, 1.82) is 0 Å². The van der Waals surface area contributed by atoms with E-state index in [1.54, 1.807) is 6.07 Å². The molecule has 2 heteroatoms. The van der Waals surface area contributed by atoms with Crippen molar-refractivity contribution in [1.82, 2.24) is 5.32 Å². The average Bonchev–Trinajstić information content (AvgIpc) is 2.42. The van der Waals surface area contributed by atoms with Crippen LogP contribution in [0.1, 0.15) is 45.0 Å². The minimum atomic E-state index is -0.146. The topological polar surface area (TPSA) is 12.0 Å². The molecular formula is C19H24FN. The molecule has 2 aromatic rings. The van der Waals surface area contributed by atoms with Gasteiger partial charge in [0.25, 0.3) is 0 Å². The van der Waals surface area contributed by atoms with E-state index in [2.05, 4.69) is 39.1 Å². The number of hydrogen-bond donors (Lipinski definition) is 1. The molecule has 1 atom stereocenters. The molecule has 0 aliphatic heterocycles. The van der Waals surface area contributed by atoms with E-state index in [-0.39, 0.29) is 11.9 Å². The Hall–Kier alpha value is -1.67. The van der Waals surface area contributed by atoms with Gasteiger partial charge < -0.3 is 5.32 Å². The first-order valence-corrected chi connectivity index (χ1v) is 7.37. The quantitative estimate of drug-likeness (QED) is 0.863. The highest BCUT2D eigenvalue weighted by atomic mass is 19.1. The van der Waals surface area contributed by atoms with Gasteiger partial charge in [-0.1, -0.05) is 18.2 Å². The second-order valence-electron chi connectivity index (χ2n) is 5.92. The molecule has 0 saturated carbocycles. The Morgan fingerprint density at radius 1 is 0.905 bits per heavy atom. The zero-order valence-electron chi connectivity index (χ0n) is 13.8. The fourth-order valence-electron chi connectivity index (χ4n) is 3.00. The third kappa shape index (κ3) is 2.86. The van der Waals surface area contributed by atoms with E-state index in [4.69, 9.17) is 0 Å². The summed E-state index contributed by atoms with van der Waals surface area (Å²) in [5.41, 5.74) is 7.81. The van der Waals surface area contributed by atoms with Crippen molar-refractivity contribution >= 4 is 0 Å². The Labute approximate surface area is 127 Å². The van der Waals surface area contributed by atoms with Gasteiger partial charge in [-0.2, -0.15) is 0 Å². The first-order valence-electron chi connectivity index (χ1n) is 7.37. The minimum Gasteiger partial charge on any atom is -0.309 e. The molecule has 2 rings (SSSR count). The van der Waals surface area contributed by atoms with Crippen molar-refractivity contribution in [2.45, 2.75) is 40.7 Å². The van der Waals surface area contributed by atoms with Gasteiger partial charge in [0.2, 0.25) is 0 Å². The molecular weight excluding hydrogens is 261 g/mol. The predicted octanol–water partition coefficient (Wildman–Crippen LogP) is 4.68. The van der Waals surface area contributed by atoms with Gasteiger partial charge in [0, 0.05) is 5.56 Å². The average molecular weight is 285 g/mol. The van der Waals surface area contributed by atoms with Crippen molar-refractivity contribution in [3.8, 4) is 0 Å². The molecule has 0 heterocycles. The van der Waals surface area contributed by atoms with Gasteiger partial charge in [-0.3, -0.25) is 0 Å². The molecule has 112 valence electrons. The molecule has 0 radical (unpaired) electrons.